The molecule has 0 aromatic heterocycles. The summed E-state index contributed by atoms with van der Waals surface area (Å²) in [5.41, 5.74) is 7.52. The molecular weight excluding hydrogens is 402 g/mol. The molecular formula is C26H33N3O3. The van der Waals surface area contributed by atoms with Crippen LogP contribution in [-0.4, -0.2) is 59.1 Å². The Balaban J connectivity index is 1.73. The Bertz CT molecular complexity index is 902. The van der Waals surface area contributed by atoms with E-state index in [1.54, 1.807) is 0 Å². The van der Waals surface area contributed by atoms with Gasteiger partial charge in [0, 0.05) is 37.6 Å². The van der Waals surface area contributed by atoms with Crippen molar-refractivity contribution in [2.45, 2.75) is 50.8 Å². The summed E-state index contributed by atoms with van der Waals surface area (Å²) in [6, 6.07) is 20.9. The fourth-order valence-electron chi connectivity index (χ4n) is 5.12. The quantitative estimate of drug-likeness (QED) is 0.796. The fraction of sp³-hybridized carbons (Fsp3) is 0.462. The summed E-state index contributed by atoms with van der Waals surface area (Å²) < 4.78 is 5.72. The minimum absolute atomic E-state index is 0.00965. The van der Waals surface area contributed by atoms with Gasteiger partial charge < -0.3 is 15.4 Å². The zero-order valence-corrected chi connectivity index (χ0v) is 19.1. The fourth-order valence-corrected chi connectivity index (χ4v) is 5.12. The van der Waals surface area contributed by atoms with Crippen LogP contribution < -0.4 is 5.73 Å². The van der Waals surface area contributed by atoms with E-state index in [2.05, 4.69) is 29.2 Å². The molecule has 2 aliphatic heterocycles. The minimum atomic E-state index is -0.562. The summed E-state index contributed by atoms with van der Waals surface area (Å²) in [7, 11) is 0. The number of benzene rings is 2. The first-order chi connectivity index (χ1) is 15.2. The lowest BCUT2D eigenvalue weighted by molar-refractivity contribution is -0.121. The van der Waals surface area contributed by atoms with Crippen molar-refractivity contribution in [3.8, 4) is 0 Å². The summed E-state index contributed by atoms with van der Waals surface area (Å²) in [6.07, 6.45) is 0.367. The molecule has 6 nitrogen and oxygen atoms in total. The second kappa shape index (κ2) is 8.94. The molecule has 2 aliphatic rings. The van der Waals surface area contributed by atoms with Crippen molar-refractivity contribution in [1.29, 1.82) is 0 Å². The summed E-state index contributed by atoms with van der Waals surface area (Å²) in [5.74, 6) is -0.414. The summed E-state index contributed by atoms with van der Waals surface area (Å²) in [6.45, 7) is 7.36. The lowest BCUT2D eigenvalue weighted by atomic mass is 9.82. The molecule has 2 heterocycles. The SMILES string of the molecule is CC(C)(C)OC(=O)N1C[C@@H]2C[C@H](C(N)=O)CN2[C@H](C(c2ccccc2)c2ccccc2)C1. The van der Waals surface area contributed by atoms with E-state index in [1.807, 2.05) is 62.1 Å². The third-order valence-corrected chi connectivity index (χ3v) is 6.48. The number of nitrogens with two attached hydrogens (primary N) is 1. The zero-order chi connectivity index (χ0) is 22.9. The molecule has 3 atom stereocenters. The Labute approximate surface area is 190 Å². The standard InChI is InChI=1S/C26H33N3O3/c1-26(2,3)32-25(31)28-16-21-14-20(24(27)30)15-29(21)22(17-28)23(18-10-6-4-7-11-18)19-12-8-5-9-13-19/h4-13,20-23H,14-17H2,1-3H3,(H2,27,30)/t20-,21-,22-/m0/s1. The maximum Gasteiger partial charge on any atom is 0.410 e. The number of piperazine rings is 1. The summed E-state index contributed by atoms with van der Waals surface area (Å²) in [4.78, 5) is 29.3. The van der Waals surface area contributed by atoms with Crippen LogP contribution in [0.1, 0.15) is 44.2 Å². The molecule has 0 bridgehead atoms. The Morgan fingerprint density at radius 3 is 2.00 bits per heavy atom. The number of amides is 2. The molecule has 2 amide bonds. The molecule has 6 heteroatoms. The van der Waals surface area contributed by atoms with Gasteiger partial charge in [0.2, 0.25) is 5.91 Å². The molecule has 0 spiro atoms. The molecule has 2 aromatic carbocycles. The largest absolute Gasteiger partial charge is 0.444 e. The number of carbonyl (C=O) groups excluding carboxylic acids is 2. The zero-order valence-electron chi connectivity index (χ0n) is 19.1. The topological polar surface area (TPSA) is 75.9 Å². The highest BCUT2D eigenvalue weighted by molar-refractivity contribution is 5.77. The minimum Gasteiger partial charge on any atom is -0.444 e. The average Bonchev–Trinajstić information content (AvgIpc) is 3.19. The van der Waals surface area contributed by atoms with Gasteiger partial charge in [0.15, 0.2) is 0 Å². The van der Waals surface area contributed by atoms with Crippen LogP contribution >= 0.6 is 0 Å². The van der Waals surface area contributed by atoms with Crippen LogP contribution in [0.5, 0.6) is 0 Å². The molecule has 0 saturated carbocycles. The van der Waals surface area contributed by atoms with E-state index in [0.717, 1.165) is 0 Å². The van der Waals surface area contributed by atoms with Crippen molar-refractivity contribution in [3.05, 3.63) is 71.8 Å². The van der Waals surface area contributed by atoms with E-state index in [0.29, 0.717) is 26.1 Å². The van der Waals surface area contributed by atoms with E-state index in [9.17, 15) is 9.59 Å². The first-order valence-corrected chi connectivity index (χ1v) is 11.4. The Morgan fingerprint density at radius 1 is 0.938 bits per heavy atom. The number of fused-ring (bicyclic) bond motifs is 1. The number of nitrogens with zero attached hydrogens (tertiary/aromatic N) is 2. The normalized spacial score (nSPS) is 23.8. The highest BCUT2D eigenvalue weighted by Gasteiger charge is 2.47. The molecule has 4 rings (SSSR count). The van der Waals surface area contributed by atoms with Gasteiger partial charge in [-0.1, -0.05) is 60.7 Å². The predicted octanol–water partition coefficient (Wildman–Crippen LogP) is 3.61. The third kappa shape index (κ3) is 4.80. The second-order valence-corrected chi connectivity index (χ2v) is 9.94. The maximum absolute atomic E-state index is 13.1. The van der Waals surface area contributed by atoms with Gasteiger partial charge in [-0.2, -0.15) is 0 Å². The van der Waals surface area contributed by atoms with E-state index in [-0.39, 0.29) is 35.9 Å². The molecule has 0 radical (unpaired) electrons. The first kappa shape index (κ1) is 22.3. The molecule has 32 heavy (non-hydrogen) atoms. The monoisotopic (exact) mass is 435 g/mol. The number of rotatable bonds is 4. The van der Waals surface area contributed by atoms with Gasteiger partial charge in [0.05, 0.1) is 5.92 Å². The van der Waals surface area contributed by atoms with E-state index < -0.39 is 5.60 Å². The average molecular weight is 436 g/mol. The van der Waals surface area contributed by atoms with Crippen molar-refractivity contribution in [2.75, 3.05) is 19.6 Å². The highest BCUT2D eigenvalue weighted by Crippen LogP contribution is 2.39. The molecule has 0 unspecified atom stereocenters. The number of carbonyl (C=O) groups is 2. The number of ether oxygens (including phenoxy) is 1. The first-order valence-electron chi connectivity index (χ1n) is 11.4. The number of primary amides is 1. The van der Waals surface area contributed by atoms with E-state index >= 15 is 0 Å². The molecule has 2 aromatic rings. The van der Waals surface area contributed by atoms with Crippen LogP contribution in [0.2, 0.25) is 0 Å². The highest BCUT2D eigenvalue weighted by atomic mass is 16.6. The van der Waals surface area contributed by atoms with Gasteiger partial charge in [-0.15, -0.1) is 0 Å². The van der Waals surface area contributed by atoms with Gasteiger partial charge in [-0.25, -0.2) is 4.79 Å². The summed E-state index contributed by atoms with van der Waals surface area (Å²) >= 11 is 0. The van der Waals surface area contributed by atoms with Crippen molar-refractivity contribution >= 4 is 12.0 Å². The lowest BCUT2D eigenvalue weighted by Crippen LogP contribution is -2.60. The van der Waals surface area contributed by atoms with Gasteiger partial charge in [-0.05, 0) is 38.3 Å². The van der Waals surface area contributed by atoms with E-state index in [1.165, 1.54) is 11.1 Å². The molecule has 2 saturated heterocycles. The van der Waals surface area contributed by atoms with Gasteiger partial charge >= 0.3 is 6.09 Å². The van der Waals surface area contributed by atoms with Crippen molar-refractivity contribution in [3.63, 3.8) is 0 Å². The predicted molar refractivity (Wildman–Crippen MR) is 124 cm³/mol. The van der Waals surface area contributed by atoms with Crippen LogP contribution in [0.25, 0.3) is 0 Å². The van der Waals surface area contributed by atoms with Crippen molar-refractivity contribution in [1.82, 2.24) is 9.80 Å². The van der Waals surface area contributed by atoms with Crippen LogP contribution in [0.4, 0.5) is 4.79 Å². The van der Waals surface area contributed by atoms with Crippen LogP contribution in [0.3, 0.4) is 0 Å². The molecule has 2 fully saturated rings. The number of hydrogen-bond acceptors (Lipinski definition) is 4. The van der Waals surface area contributed by atoms with Crippen LogP contribution in [-0.2, 0) is 9.53 Å². The Morgan fingerprint density at radius 2 is 1.50 bits per heavy atom. The molecule has 170 valence electrons. The van der Waals surface area contributed by atoms with Crippen molar-refractivity contribution < 1.29 is 14.3 Å². The molecule has 2 N–H and O–H groups in total. The van der Waals surface area contributed by atoms with Crippen molar-refractivity contribution in [2.24, 2.45) is 11.7 Å². The van der Waals surface area contributed by atoms with Gasteiger partial charge in [0.1, 0.15) is 5.60 Å². The maximum atomic E-state index is 13.1. The molecule has 0 aliphatic carbocycles. The van der Waals surface area contributed by atoms with E-state index in [4.69, 9.17) is 10.5 Å². The number of hydrogen-bond donors (Lipinski definition) is 1. The third-order valence-electron chi connectivity index (χ3n) is 6.48. The lowest BCUT2D eigenvalue weighted by Gasteiger charge is -2.47. The van der Waals surface area contributed by atoms with Gasteiger partial charge in [-0.3, -0.25) is 9.69 Å². The summed E-state index contributed by atoms with van der Waals surface area (Å²) in [5, 5.41) is 0. The van der Waals surface area contributed by atoms with Gasteiger partial charge in [0.25, 0.3) is 0 Å². The second-order valence-electron chi connectivity index (χ2n) is 9.94. The smallest absolute Gasteiger partial charge is 0.410 e. The van der Waals surface area contributed by atoms with Crippen LogP contribution in [0, 0.1) is 5.92 Å². The Hall–Kier alpha value is -2.86. The van der Waals surface area contributed by atoms with Crippen LogP contribution in [0.15, 0.2) is 60.7 Å². The Kier molecular flexibility index (Phi) is 6.24.